The van der Waals surface area contributed by atoms with Crippen molar-refractivity contribution in [2.45, 2.75) is 58.7 Å². The Labute approximate surface area is 115 Å². The molecule has 0 bridgehead atoms. The van der Waals surface area contributed by atoms with Gasteiger partial charge in [-0.2, -0.15) is 0 Å². The maximum absolute atomic E-state index is 9.81. The Morgan fingerprint density at radius 1 is 1.17 bits per heavy atom. The molecular formula is C15H23ClO2. The first-order chi connectivity index (χ1) is 8.36. The van der Waals surface area contributed by atoms with Crippen LogP contribution in [0.4, 0.5) is 0 Å². The summed E-state index contributed by atoms with van der Waals surface area (Å²) in [7, 11) is 0. The van der Waals surface area contributed by atoms with Crippen molar-refractivity contribution in [3.05, 3.63) is 33.8 Å². The van der Waals surface area contributed by atoms with Crippen LogP contribution in [0.3, 0.4) is 0 Å². The highest BCUT2D eigenvalue weighted by Crippen LogP contribution is 2.33. The molecule has 0 amide bonds. The molecule has 0 aliphatic carbocycles. The molecule has 0 aromatic heterocycles. The number of rotatable bonds is 5. The highest BCUT2D eigenvalue weighted by molar-refractivity contribution is 6.31. The largest absolute Gasteiger partial charge is 0.391 e. The Bertz CT molecular complexity index is 402. The van der Waals surface area contributed by atoms with Gasteiger partial charge in [0, 0.05) is 5.02 Å². The topological polar surface area (TPSA) is 40.5 Å². The monoisotopic (exact) mass is 270 g/mol. The summed E-state index contributed by atoms with van der Waals surface area (Å²) in [4.78, 5) is 0. The minimum absolute atomic E-state index is 0.182. The summed E-state index contributed by atoms with van der Waals surface area (Å²) in [5.41, 5.74) is 3.45. The summed E-state index contributed by atoms with van der Waals surface area (Å²) in [5, 5.41) is 20.0. The summed E-state index contributed by atoms with van der Waals surface area (Å²) < 4.78 is 0. The second-order valence-electron chi connectivity index (χ2n) is 5.11. The normalized spacial score (nSPS) is 16.4. The average Bonchev–Trinajstić information content (AvgIpc) is 2.30. The van der Waals surface area contributed by atoms with Gasteiger partial charge in [-0.3, -0.25) is 0 Å². The van der Waals surface area contributed by atoms with Crippen LogP contribution in [-0.4, -0.2) is 22.4 Å². The van der Waals surface area contributed by atoms with E-state index in [0.29, 0.717) is 6.42 Å². The third kappa shape index (κ3) is 3.71. The van der Waals surface area contributed by atoms with Crippen LogP contribution < -0.4 is 0 Å². The van der Waals surface area contributed by atoms with Gasteiger partial charge in [0.15, 0.2) is 0 Å². The molecule has 1 aromatic carbocycles. The van der Waals surface area contributed by atoms with Crippen molar-refractivity contribution in [3.63, 3.8) is 0 Å². The van der Waals surface area contributed by atoms with Crippen molar-refractivity contribution in [1.29, 1.82) is 0 Å². The van der Waals surface area contributed by atoms with Gasteiger partial charge in [-0.15, -0.1) is 0 Å². The summed E-state index contributed by atoms with van der Waals surface area (Å²) >= 11 is 6.29. The molecule has 0 radical (unpaired) electrons. The standard InChI is InChI=1S/C15H23ClO2/c1-5-12(8-15(18)11(4)17)13-6-9(2)10(3)7-14(13)16/h6-7,11-12,15,17-18H,5,8H2,1-4H3. The van der Waals surface area contributed by atoms with Crippen LogP contribution >= 0.6 is 11.6 Å². The Morgan fingerprint density at radius 3 is 2.22 bits per heavy atom. The van der Waals surface area contributed by atoms with Gasteiger partial charge in [-0.05, 0) is 62.3 Å². The van der Waals surface area contributed by atoms with E-state index in [-0.39, 0.29) is 5.92 Å². The molecule has 1 rings (SSSR count). The zero-order valence-electron chi connectivity index (χ0n) is 11.6. The molecule has 0 spiro atoms. The van der Waals surface area contributed by atoms with Gasteiger partial charge in [-0.25, -0.2) is 0 Å². The van der Waals surface area contributed by atoms with E-state index >= 15 is 0 Å². The van der Waals surface area contributed by atoms with Gasteiger partial charge >= 0.3 is 0 Å². The highest BCUT2D eigenvalue weighted by Gasteiger charge is 2.20. The molecule has 0 aliphatic heterocycles. The van der Waals surface area contributed by atoms with E-state index in [1.54, 1.807) is 6.92 Å². The third-order valence-corrected chi connectivity index (χ3v) is 3.96. The van der Waals surface area contributed by atoms with Crippen LogP contribution in [0.25, 0.3) is 0 Å². The Hall–Kier alpha value is -0.570. The fraction of sp³-hybridized carbons (Fsp3) is 0.600. The first kappa shape index (κ1) is 15.5. The van der Waals surface area contributed by atoms with Crippen LogP contribution in [0.1, 0.15) is 49.3 Å². The molecule has 0 aliphatic rings. The van der Waals surface area contributed by atoms with Crippen molar-refractivity contribution < 1.29 is 10.2 Å². The minimum Gasteiger partial charge on any atom is -0.391 e. The van der Waals surface area contributed by atoms with Gasteiger partial charge in [-0.1, -0.05) is 24.6 Å². The predicted octanol–water partition coefficient (Wildman–Crippen LogP) is 3.58. The third-order valence-electron chi connectivity index (χ3n) is 3.63. The Morgan fingerprint density at radius 2 is 1.72 bits per heavy atom. The molecule has 3 atom stereocenters. The SMILES string of the molecule is CCC(CC(O)C(C)O)c1cc(C)c(C)cc1Cl. The molecule has 2 N–H and O–H groups in total. The smallest absolute Gasteiger partial charge is 0.0802 e. The first-order valence-corrected chi connectivity index (χ1v) is 6.87. The van der Waals surface area contributed by atoms with E-state index in [4.69, 9.17) is 11.6 Å². The van der Waals surface area contributed by atoms with E-state index in [1.165, 1.54) is 11.1 Å². The molecule has 0 fully saturated rings. The maximum atomic E-state index is 9.81. The fourth-order valence-corrected chi connectivity index (χ4v) is 2.49. The predicted molar refractivity (Wildman–Crippen MR) is 76.3 cm³/mol. The van der Waals surface area contributed by atoms with Gasteiger partial charge in [0.25, 0.3) is 0 Å². The Kier molecular flexibility index (Phi) is 5.64. The van der Waals surface area contributed by atoms with Gasteiger partial charge < -0.3 is 10.2 Å². The molecule has 0 saturated carbocycles. The zero-order valence-corrected chi connectivity index (χ0v) is 12.3. The highest BCUT2D eigenvalue weighted by atomic mass is 35.5. The molecule has 102 valence electrons. The van der Waals surface area contributed by atoms with Gasteiger partial charge in [0.1, 0.15) is 0 Å². The summed E-state index contributed by atoms with van der Waals surface area (Å²) in [5.74, 6) is 0.182. The Balaban J connectivity index is 2.98. The van der Waals surface area contributed by atoms with Crippen LogP contribution in [-0.2, 0) is 0 Å². The second kappa shape index (κ2) is 6.55. The lowest BCUT2D eigenvalue weighted by Crippen LogP contribution is -2.24. The van der Waals surface area contributed by atoms with E-state index in [9.17, 15) is 10.2 Å². The number of aliphatic hydroxyl groups excluding tert-OH is 2. The van der Waals surface area contributed by atoms with Crippen LogP contribution in [0, 0.1) is 13.8 Å². The quantitative estimate of drug-likeness (QED) is 0.859. The number of aryl methyl sites for hydroxylation is 2. The molecule has 3 unspecified atom stereocenters. The molecule has 1 aromatic rings. The fourth-order valence-electron chi connectivity index (χ4n) is 2.12. The van der Waals surface area contributed by atoms with Crippen molar-refractivity contribution in [1.82, 2.24) is 0 Å². The van der Waals surface area contributed by atoms with E-state index in [1.807, 2.05) is 13.0 Å². The number of hydrogen-bond donors (Lipinski definition) is 2. The first-order valence-electron chi connectivity index (χ1n) is 6.49. The minimum atomic E-state index is -0.704. The molecule has 0 heterocycles. The van der Waals surface area contributed by atoms with Crippen molar-refractivity contribution in [3.8, 4) is 0 Å². The van der Waals surface area contributed by atoms with Crippen molar-refractivity contribution in [2.24, 2.45) is 0 Å². The van der Waals surface area contributed by atoms with Gasteiger partial charge in [0.2, 0.25) is 0 Å². The lowest BCUT2D eigenvalue weighted by Gasteiger charge is -2.23. The van der Waals surface area contributed by atoms with Crippen molar-refractivity contribution >= 4 is 11.6 Å². The lowest BCUT2D eigenvalue weighted by atomic mass is 9.88. The van der Waals surface area contributed by atoms with E-state index in [0.717, 1.165) is 17.0 Å². The van der Waals surface area contributed by atoms with E-state index in [2.05, 4.69) is 19.9 Å². The summed E-state index contributed by atoms with van der Waals surface area (Å²) in [6.07, 6.45) is 0.0274. The molecule has 2 nitrogen and oxygen atoms in total. The summed E-state index contributed by atoms with van der Waals surface area (Å²) in [6.45, 7) is 7.79. The maximum Gasteiger partial charge on any atom is 0.0802 e. The molecule has 18 heavy (non-hydrogen) atoms. The zero-order chi connectivity index (χ0) is 13.9. The number of aliphatic hydroxyl groups is 2. The van der Waals surface area contributed by atoms with Gasteiger partial charge in [0.05, 0.1) is 12.2 Å². The summed E-state index contributed by atoms with van der Waals surface area (Å²) in [6, 6.07) is 4.07. The second-order valence-corrected chi connectivity index (χ2v) is 5.51. The molecule has 3 heteroatoms. The number of halogens is 1. The molecular weight excluding hydrogens is 248 g/mol. The number of hydrogen-bond acceptors (Lipinski definition) is 2. The number of benzene rings is 1. The lowest BCUT2D eigenvalue weighted by molar-refractivity contribution is 0.0215. The average molecular weight is 271 g/mol. The van der Waals surface area contributed by atoms with Crippen LogP contribution in [0.2, 0.25) is 5.02 Å². The molecule has 0 saturated heterocycles. The van der Waals surface area contributed by atoms with Crippen LogP contribution in [0.15, 0.2) is 12.1 Å². The van der Waals surface area contributed by atoms with Crippen molar-refractivity contribution in [2.75, 3.05) is 0 Å². The van der Waals surface area contributed by atoms with E-state index < -0.39 is 12.2 Å². The van der Waals surface area contributed by atoms with Crippen LogP contribution in [0.5, 0.6) is 0 Å².